The van der Waals surface area contributed by atoms with Crippen molar-refractivity contribution in [3.8, 4) is 0 Å². The monoisotopic (exact) mass is 341 g/mol. The van der Waals surface area contributed by atoms with Crippen LogP contribution in [0.5, 0.6) is 0 Å². The molecular weight excluding hydrogens is 310 g/mol. The van der Waals surface area contributed by atoms with Crippen LogP contribution in [-0.4, -0.2) is 29.8 Å². The van der Waals surface area contributed by atoms with E-state index in [1.165, 1.54) is 30.3 Å². The molecule has 136 valence electrons. The lowest BCUT2D eigenvalue weighted by atomic mass is 9.94. The van der Waals surface area contributed by atoms with E-state index in [9.17, 15) is 4.79 Å². The third-order valence-electron chi connectivity index (χ3n) is 5.82. The minimum Gasteiger partial charge on any atom is -0.461 e. The maximum absolute atomic E-state index is 11.6. The van der Waals surface area contributed by atoms with Crippen LogP contribution in [-0.2, 0) is 17.6 Å². The second-order valence-corrected chi connectivity index (χ2v) is 7.62. The Morgan fingerprint density at radius 2 is 2.16 bits per heavy atom. The van der Waals surface area contributed by atoms with Gasteiger partial charge in [0.15, 0.2) is 0 Å². The average molecular weight is 341 g/mol. The molecule has 1 aliphatic heterocycles. The van der Waals surface area contributed by atoms with E-state index in [-0.39, 0.29) is 5.92 Å². The van der Waals surface area contributed by atoms with Gasteiger partial charge in [-0.2, -0.15) is 0 Å². The van der Waals surface area contributed by atoms with Crippen LogP contribution in [0.15, 0.2) is 28.7 Å². The molecular formula is C22H31NO2. The van der Waals surface area contributed by atoms with Crippen LogP contribution in [0, 0.1) is 5.92 Å². The fraction of sp³-hybridized carbons (Fsp3) is 0.591. The van der Waals surface area contributed by atoms with E-state index in [1.54, 1.807) is 6.92 Å². The highest BCUT2D eigenvalue weighted by molar-refractivity contribution is 5.79. The van der Waals surface area contributed by atoms with Gasteiger partial charge in [0.05, 0.1) is 0 Å². The third kappa shape index (κ3) is 4.52. The van der Waals surface area contributed by atoms with Crippen molar-refractivity contribution in [2.24, 2.45) is 5.92 Å². The molecule has 0 bridgehead atoms. The van der Waals surface area contributed by atoms with Crippen molar-refractivity contribution in [1.82, 2.24) is 4.90 Å². The number of Topliss-reactive ketones (excluding diaryl/α,β-unsaturated/α-hetero) is 1. The molecule has 1 unspecified atom stereocenters. The van der Waals surface area contributed by atoms with E-state index in [0.717, 1.165) is 43.6 Å². The number of benzene rings is 1. The number of carbonyl (C=O) groups excluding carboxylic acids is 1. The van der Waals surface area contributed by atoms with Crippen LogP contribution >= 0.6 is 0 Å². The Morgan fingerprint density at radius 1 is 1.32 bits per heavy atom. The standard InChI is InChI=1S/C22H31NO2/c1-4-19(17(3)24)9-7-18-8-10-22-20(14-18)15-21(25-22)11-13-23-12-5-6-16(23)2/h8,10,14-16,19H,4-7,9,11-13H2,1-3H3/t16-,19?/m1/s1. The lowest BCUT2D eigenvalue weighted by Gasteiger charge is -2.19. The van der Waals surface area contributed by atoms with Gasteiger partial charge in [0.25, 0.3) is 0 Å². The molecule has 0 saturated carbocycles. The molecule has 0 spiro atoms. The van der Waals surface area contributed by atoms with Crippen LogP contribution in [0.2, 0.25) is 0 Å². The Balaban J connectivity index is 1.61. The highest BCUT2D eigenvalue weighted by Gasteiger charge is 2.20. The molecule has 2 heterocycles. The Kier molecular flexibility index (Phi) is 5.95. The summed E-state index contributed by atoms with van der Waals surface area (Å²) in [6, 6.07) is 9.37. The van der Waals surface area contributed by atoms with E-state index in [4.69, 9.17) is 4.42 Å². The van der Waals surface area contributed by atoms with Crippen molar-refractivity contribution in [1.29, 1.82) is 0 Å². The number of carbonyl (C=O) groups is 1. The fourth-order valence-corrected chi connectivity index (χ4v) is 4.04. The summed E-state index contributed by atoms with van der Waals surface area (Å²) >= 11 is 0. The van der Waals surface area contributed by atoms with Gasteiger partial charge in [-0.25, -0.2) is 0 Å². The van der Waals surface area contributed by atoms with Gasteiger partial charge < -0.3 is 9.32 Å². The number of aryl methyl sites for hydroxylation is 1. The second-order valence-electron chi connectivity index (χ2n) is 7.62. The molecule has 1 aromatic carbocycles. The number of fused-ring (bicyclic) bond motifs is 1. The highest BCUT2D eigenvalue weighted by Crippen LogP contribution is 2.24. The van der Waals surface area contributed by atoms with Gasteiger partial charge >= 0.3 is 0 Å². The minimum atomic E-state index is 0.193. The molecule has 25 heavy (non-hydrogen) atoms. The summed E-state index contributed by atoms with van der Waals surface area (Å²) in [5, 5.41) is 1.19. The van der Waals surface area contributed by atoms with E-state index in [0.29, 0.717) is 11.8 Å². The van der Waals surface area contributed by atoms with Crippen LogP contribution in [0.4, 0.5) is 0 Å². The first-order chi connectivity index (χ1) is 12.1. The number of hydrogen-bond acceptors (Lipinski definition) is 3. The molecule has 1 fully saturated rings. The molecule has 2 atom stereocenters. The summed E-state index contributed by atoms with van der Waals surface area (Å²) in [4.78, 5) is 14.2. The maximum Gasteiger partial charge on any atom is 0.134 e. The quantitative estimate of drug-likeness (QED) is 0.677. The Morgan fingerprint density at radius 3 is 2.84 bits per heavy atom. The van der Waals surface area contributed by atoms with E-state index in [1.807, 2.05) is 0 Å². The molecule has 2 aromatic rings. The second kappa shape index (κ2) is 8.18. The first kappa shape index (κ1) is 18.2. The van der Waals surface area contributed by atoms with Crippen molar-refractivity contribution >= 4 is 16.8 Å². The van der Waals surface area contributed by atoms with E-state index < -0.39 is 0 Å². The molecule has 1 aromatic heterocycles. The zero-order valence-corrected chi connectivity index (χ0v) is 15.9. The van der Waals surface area contributed by atoms with Gasteiger partial charge in [-0.05, 0) is 76.3 Å². The van der Waals surface area contributed by atoms with Gasteiger partial charge in [0, 0.05) is 30.3 Å². The molecule has 3 heteroatoms. The molecule has 0 radical (unpaired) electrons. The third-order valence-corrected chi connectivity index (χ3v) is 5.82. The number of rotatable bonds is 8. The lowest BCUT2D eigenvalue weighted by Crippen LogP contribution is -2.28. The normalized spacial score (nSPS) is 19.6. The van der Waals surface area contributed by atoms with Gasteiger partial charge in [-0.15, -0.1) is 0 Å². The fourth-order valence-electron chi connectivity index (χ4n) is 4.04. The van der Waals surface area contributed by atoms with Gasteiger partial charge in [-0.1, -0.05) is 13.0 Å². The van der Waals surface area contributed by atoms with Gasteiger partial charge in [0.1, 0.15) is 17.1 Å². The molecule has 3 nitrogen and oxygen atoms in total. The SMILES string of the molecule is CCC(CCc1ccc2oc(CCN3CCC[C@H]3C)cc2c1)C(C)=O. The van der Waals surface area contributed by atoms with Crippen molar-refractivity contribution in [2.75, 3.05) is 13.1 Å². The Labute approximate surface area is 151 Å². The summed E-state index contributed by atoms with van der Waals surface area (Å²) in [7, 11) is 0. The summed E-state index contributed by atoms with van der Waals surface area (Å²) in [6.45, 7) is 8.44. The van der Waals surface area contributed by atoms with Gasteiger partial charge in [0.2, 0.25) is 0 Å². The zero-order valence-electron chi connectivity index (χ0n) is 15.9. The molecule has 0 aliphatic carbocycles. The number of furan rings is 1. The minimum absolute atomic E-state index is 0.193. The van der Waals surface area contributed by atoms with Crippen molar-refractivity contribution in [3.63, 3.8) is 0 Å². The molecule has 1 saturated heterocycles. The molecule has 0 N–H and O–H groups in total. The van der Waals surface area contributed by atoms with Crippen LogP contribution in [0.25, 0.3) is 11.0 Å². The summed E-state index contributed by atoms with van der Waals surface area (Å²) in [5.41, 5.74) is 2.28. The van der Waals surface area contributed by atoms with Crippen molar-refractivity contribution in [2.45, 2.75) is 65.3 Å². The van der Waals surface area contributed by atoms with Crippen LogP contribution in [0.1, 0.15) is 57.8 Å². The van der Waals surface area contributed by atoms with Crippen molar-refractivity contribution < 1.29 is 9.21 Å². The van der Waals surface area contributed by atoms with Crippen LogP contribution in [0.3, 0.4) is 0 Å². The highest BCUT2D eigenvalue weighted by atomic mass is 16.3. The molecule has 1 aliphatic rings. The van der Waals surface area contributed by atoms with E-state index in [2.05, 4.69) is 43.0 Å². The largest absolute Gasteiger partial charge is 0.461 e. The number of ketones is 1. The first-order valence-corrected chi connectivity index (χ1v) is 9.82. The van der Waals surface area contributed by atoms with Crippen molar-refractivity contribution in [3.05, 3.63) is 35.6 Å². The average Bonchev–Trinajstić information content (AvgIpc) is 3.18. The Hall–Kier alpha value is -1.61. The zero-order chi connectivity index (χ0) is 17.8. The maximum atomic E-state index is 11.6. The predicted octanol–water partition coefficient (Wildman–Crippen LogP) is 5.01. The number of likely N-dealkylation sites (tertiary alicyclic amines) is 1. The van der Waals surface area contributed by atoms with Gasteiger partial charge in [-0.3, -0.25) is 4.79 Å². The molecule has 3 rings (SSSR count). The summed E-state index contributed by atoms with van der Waals surface area (Å²) < 4.78 is 6.02. The summed E-state index contributed by atoms with van der Waals surface area (Å²) in [6.07, 6.45) is 6.46. The number of nitrogens with zero attached hydrogens (tertiary/aromatic N) is 1. The topological polar surface area (TPSA) is 33.5 Å². The van der Waals surface area contributed by atoms with Crippen LogP contribution < -0.4 is 0 Å². The smallest absolute Gasteiger partial charge is 0.134 e. The Bertz CT molecular complexity index is 718. The first-order valence-electron chi connectivity index (χ1n) is 9.82. The molecule has 0 amide bonds. The predicted molar refractivity (Wildman–Crippen MR) is 103 cm³/mol. The lowest BCUT2D eigenvalue weighted by molar-refractivity contribution is -0.121. The summed E-state index contributed by atoms with van der Waals surface area (Å²) in [5.74, 6) is 1.59. The van der Waals surface area contributed by atoms with E-state index >= 15 is 0 Å². The number of hydrogen-bond donors (Lipinski definition) is 0.